The lowest BCUT2D eigenvalue weighted by atomic mass is 9.77. The number of nitrogens with one attached hydrogen (secondary N) is 1. The van der Waals surface area contributed by atoms with Gasteiger partial charge in [0, 0.05) is 37.3 Å². The van der Waals surface area contributed by atoms with Crippen LogP contribution >= 0.6 is 0 Å². The van der Waals surface area contributed by atoms with Gasteiger partial charge in [0.15, 0.2) is 0 Å². The molecule has 1 aromatic heterocycles. The zero-order valence-corrected chi connectivity index (χ0v) is 17.5. The Hall–Kier alpha value is -2.50. The molecule has 0 bridgehead atoms. The number of carbonyl (C=O) groups excluding carboxylic acids is 1. The number of nitrogens with zero attached hydrogens (tertiary/aromatic N) is 2. The summed E-state index contributed by atoms with van der Waals surface area (Å²) in [6.45, 7) is 7.57. The average Bonchev–Trinajstić information content (AvgIpc) is 2.71. The van der Waals surface area contributed by atoms with Gasteiger partial charge in [0.25, 0.3) is 5.91 Å². The van der Waals surface area contributed by atoms with Crippen molar-refractivity contribution in [2.45, 2.75) is 38.8 Å². The number of amides is 1. The number of aromatic nitrogens is 1. The Kier molecular flexibility index (Phi) is 7.18. The molecule has 3 rings (SSSR count). The fraction of sp³-hybridized carbons (Fsp3) is 0.417. The lowest BCUT2D eigenvalue weighted by Gasteiger charge is -2.47. The van der Waals surface area contributed by atoms with E-state index in [0.29, 0.717) is 24.7 Å². The van der Waals surface area contributed by atoms with E-state index in [2.05, 4.69) is 54.5 Å². The third-order valence-corrected chi connectivity index (χ3v) is 5.35. The summed E-state index contributed by atoms with van der Waals surface area (Å²) < 4.78 is 0. The van der Waals surface area contributed by atoms with E-state index in [-0.39, 0.29) is 30.5 Å². The molecule has 154 valence electrons. The molecule has 1 aliphatic rings. The smallest absolute Gasteiger partial charge is 0.272 e. The molecule has 5 heteroatoms. The molecular weight excluding hydrogens is 362 g/mol. The summed E-state index contributed by atoms with van der Waals surface area (Å²) in [7, 11) is 0. The van der Waals surface area contributed by atoms with Crippen LogP contribution in [0.15, 0.2) is 54.7 Å². The van der Waals surface area contributed by atoms with E-state index in [1.54, 1.807) is 12.3 Å². The molecule has 5 nitrogen and oxygen atoms in total. The van der Waals surface area contributed by atoms with Crippen LogP contribution < -0.4 is 5.32 Å². The number of rotatable bonds is 8. The van der Waals surface area contributed by atoms with Crippen LogP contribution in [0.2, 0.25) is 0 Å². The maximum atomic E-state index is 13.0. The van der Waals surface area contributed by atoms with Gasteiger partial charge in [0.05, 0.1) is 6.61 Å². The zero-order valence-electron chi connectivity index (χ0n) is 17.5. The molecule has 0 spiro atoms. The summed E-state index contributed by atoms with van der Waals surface area (Å²) in [6.07, 6.45) is 5.74. The number of allylic oxidation sites excluding steroid dienone is 1. The summed E-state index contributed by atoms with van der Waals surface area (Å²) in [5.41, 5.74) is 2.82. The van der Waals surface area contributed by atoms with Crippen LogP contribution in [0.3, 0.4) is 0 Å². The van der Waals surface area contributed by atoms with Crippen molar-refractivity contribution in [3.63, 3.8) is 0 Å². The predicted molar refractivity (Wildman–Crippen MR) is 117 cm³/mol. The van der Waals surface area contributed by atoms with Crippen LogP contribution in [0.5, 0.6) is 0 Å². The Bertz CT molecular complexity index is 818. The number of aliphatic hydroxyl groups is 1. The Morgan fingerprint density at radius 1 is 1.21 bits per heavy atom. The first-order valence-electron chi connectivity index (χ1n) is 10.3. The lowest BCUT2D eigenvalue weighted by Crippen LogP contribution is -2.65. The third kappa shape index (κ3) is 5.11. The van der Waals surface area contributed by atoms with Gasteiger partial charge in [-0.2, -0.15) is 0 Å². The molecule has 0 unspecified atom stereocenters. The predicted octanol–water partition coefficient (Wildman–Crippen LogP) is 3.33. The van der Waals surface area contributed by atoms with E-state index >= 15 is 0 Å². The molecule has 0 radical (unpaired) electrons. The number of hydrogen-bond acceptors (Lipinski definition) is 4. The Morgan fingerprint density at radius 2 is 1.97 bits per heavy atom. The SMILES string of the molecule is CC=Cc1ccc([C@H]2[C@H](CO)N[C@H]2CN(CC(C)C)C(=O)c2ccccn2)cc1. The highest BCUT2D eigenvalue weighted by Crippen LogP contribution is 2.33. The number of aliphatic hydroxyl groups excluding tert-OH is 1. The van der Waals surface area contributed by atoms with Crippen molar-refractivity contribution in [2.75, 3.05) is 19.7 Å². The summed E-state index contributed by atoms with van der Waals surface area (Å²) in [5, 5.41) is 13.2. The van der Waals surface area contributed by atoms with Gasteiger partial charge in [-0.15, -0.1) is 0 Å². The quantitative estimate of drug-likeness (QED) is 0.722. The molecule has 3 atom stereocenters. The molecule has 1 fully saturated rings. The maximum Gasteiger partial charge on any atom is 0.272 e. The van der Waals surface area contributed by atoms with Gasteiger partial charge in [-0.05, 0) is 36.1 Å². The molecule has 2 heterocycles. The Balaban J connectivity index is 1.78. The van der Waals surface area contributed by atoms with Crippen LogP contribution in [0.25, 0.3) is 6.08 Å². The summed E-state index contributed by atoms with van der Waals surface area (Å²) in [6, 6.07) is 14.0. The van der Waals surface area contributed by atoms with Crippen LogP contribution in [-0.2, 0) is 0 Å². The van der Waals surface area contributed by atoms with E-state index in [1.807, 2.05) is 30.0 Å². The molecular formula is C24H31N3O2. The van der Waals surface area contributed by atoms with Crippen molar-refractivity contribution in [3.8, 4) is 0 Å². The molecule has 2 N–H and O–H groups in total. The fourth-order valence-electron chi connectivity index (χ4n) is 4.03. The van der Waals surface area contributed by atoms with E-state index < -0.39 is 0 Å². The first-order chi connectivity index (χ1) is 14.0. The van der Waals surface area contributed by atoms with Gasteiger partial charge in [-0.3, -0.25) is 9.78 Å². The van der Waals surface area contributed by atoms with Gasteiger partial charge in [-0.25, -0.2) is 0 Å². The molecule has 0 saturated carbocycles. The Labute approximate surface area is 173 Å². The van der Waals surface area contributed by atoms with Gasteiger partial charge in [0.2, 0.25) is 0 Å². The van der Waals surface area contributed by atoms with Crippen LogP contribution in [-0.4, -0.2) is 52.7 Å². The largest absolute Gasteiger partial charge is 0.395 e. The number of hydrogen-bond donors (Lipinski definition) is 2. The molecule has 1 aromatic carbocycles. The van der Waals surface area contributed by atoms with Crippen molar-refractivity contribution in [1.82, 2.24) is 15.2 Å². The van der Waals surface area contributed by atoms with Crippen LogP contribution in [0.1, 0.15) is 48.3 Å². The second kappa shape index (κ2) is 9.81. The second-order valence-electron chi connectivity index (χ2n) is 8.07. The van der Waals surface area contributed by atoms with Gasteiger partial charge < -0.3 is 15.3 Å². The second-order valence-corrected chi connectivity index (χ2v) is 8.07. The minimum atomic E-state index is -0.0456. The first kappa shape index (κ1) is 21.2. The third-order valence-electron chi connectivity index (χ3n) is 5.35. The molecule has 1 amide bonds. The average molecular weight is 394 g/mol. The normalized spacial score (nSPS) is 21.3. The number of carbonyl (C=O) groups is 1. The maximum absolute atomic E-state index is 13.0. The number of pyridine rings is 1. The van der Waals surface area contributed by atoms with E-state index in [1.165, 1.54) is 5.56 Å². The highest BCUT2D eigenvalue weighted by molar-refractivity contribution is 5.92. The lowest BCUT2D eigenvalue weighted by molar-refractivity contribution is 0.0599. The van der Waals surface area contributed by atoms with E-state index in [4.69, 9.17) is 0 Å². The highest BCUT2D eigenvalue weighted by Gasteiger charge is 2.42. The van der Waals surface area contributed by atoms with Gasteiger partial charge >= 0.3 is 0 Å². The van der Waals surface area contributed by atoms with Crippen LogP contribution in [0, 0.1) is 5.92 Å². The van der Waals surface area contributed by atoms with Crippen LogP contribution in [0.4, 0.5) is 0 Å². The molecule has 1 aliphatic heterocycles. The fourth-order valence-corrected chi connectivity index (χ4v) is 4.03. The topological polar surface area (TPSA) is 65.5 Å². The van der Waals surface area contributed by atoms with E-state index in [0.717, 1.165) is 5.56 Å². The van der Waals surface area contributed by atoms with E-state index in [9.17, 15) is 9.90 Å². The monoisotopic (exact) mass is 393 g/mol. The summed E-state index contributed by atoms with van der Waals surface area (Å²) >= 11 is 0. The summed E-state index contributed by atoms with van der Waals surface area (Å²) in [4.78, 5) is 19.2. The molecule has 2 aromatic rings. The minimum absolute atomic E-state index is 0.0124. The van der Waals surface area contributed by atoms with Crippen molar-refractivity contribution in [3.05, 3.63) is 71.6 Å². The molecule has 1 saturated heterocycles. The van der Waals surface area contributed by atoms with Gasteiger partial charge in [0.1, 0.15) is 5.69 Å². The van der Waals surface area contributed by atoms with Crippen molar-refractivity contribution < 1.29 is 9.90 Å². The molecule has 0 aliphatic carbocycles. The first-order valence-corrected chi connectivity index (χ1v) is 10.3. The summed E-state index contributed by atoms with van der Waals surface area (Å²) in [5.74, 6) is 0.483. The highest BCUT2D eigenvalue weighted by atomic mass is 16.3. The van der Waals surface area contributed by atoms with Gasteiger partial charge in [-0.1, -0.05) is 56.3 Å². The Morgan fingerprint density at radius 3 is 2.55 bits per heavy atom. The van der Waals surface area contributed by atoms with Crippen molar-refractivity contribution in [1.29, 1.82) is 0 Å². The molecule has 29 heavy (non-hydrogen) atoms. The number of benzene rings is 1. The zero-order chi connectivity index (χ0) is 20.8. The minimum Gasteiger partial charge on any atom is -0.395 e. The standard InChI is InChI=1S/C24H31N3O2/c1-4-7-18-9-11-19(12-10-18)23-21(26-22(23)16-28)15-27(14-17(2)3)24(29)20-8-5-6-13-25-20/h4-13,17,21-23,26,28H,14-16H2,1-3H3/t21-,22-,23+/m0/s1. The van der Waals surface area contributed by atoms with Crippen molar-refractivity contribution >= 4 is 12.0 Å². The van der Waals surface area contributed by atoms with Crippen molar-refractivity contribution in [2.24, 2.45) is 5.92 Å².